The average molecular weight is 313 g/mol. The van der Waals surface area contributed by atoms with E-state index < -0.39 is 5.97 Å². The third-order valence-corrected chi connectivity index (χ3v) is 3.77. The number of nitrogens with one attached hydrogen (secondary N) is 1. The van der Waals surface area contributed by atoms with E-state index in [1.54, 1.807) is 30.2 Å². The van der Waals surface area contributed by atoms with Crippen LogP contribution in [0.1, 0.15) is 12.0 Å². The van der Waals surface area contributed by atoms with Crippen molar-refractivity contribution in [1.82, 2.24) is 10.2 Å². The average Bonchev–Trinajstić information content (AvgIpc) is 2.40. The van der Waals surface area contributed by atoms with Crippen molar-refractivity contribution < 1.29 is 19.4 Å². The van der Waals surface area contributed by atoms with Crippen molar-refractivity contribution in [3.63, 3.8) is 0 Å². The molecule has 1 aliphatic rings. The van der Waals surface area contributed by atoms with Crippen molar-refractivity contribution in [3.8, 4) is 5.75 Å². The molecular formula is C14H17ClN2O4. The van der Waals surface area contributed by atoms with Crippen LogP contribution in [-0.4, -0.2) is 42.2 Å². The van der Waals surface area contributed by atoms with E-state index in [4.69, 9.17) is 21.4 Å². The van der Waals surface area contributed by atoms with E-state index in [9.17, 15) is 9.59 Å². The second-order valence-electron chi connectivity index (χ2n) is 4.95. The van der Waals surface area contributed by atoms with Gasteiger partial charge in [-0.1, -0.05) is 17.7 Å². The zero-order valence-corrected chi connectivity index (χ0v) is 12.4. The van der Waals surface area contributed by atoms with E-state index in [-0.39, 0.29) is 24.9 Å². The van der Waals surface area contributed by atoms with Gasteiger partial charge in [0.2, 0.25) is 0 Å². The van der Waals surface area contributed by atoms with Crippen LogP contribution < -0.4 is 10.1 Å². The summed E-state index contributed by atoms with van der Waals surface area (Å²) in [5.74, 6) is -0.167. The van der Waals surface area contributed by atoms with Crippen LogP contribution in [0.4, 0.5) is 4.79 Å². The molecule has 1 aromatic rings. The van der Waals surface area contributed by atoms with Gasteiger partial charge in [0.1, 0.15) is 5.75 Å². The molecule has 1 aromatic carbocycles. The molecule has 0 atom stereocenters. The second kappa shape index (κ2) is 6.67. The molecular weight excluding hydrogens is 296 g/mol. The lowest BCUT2D eigenvalue weighted by molar-refractivity contribution is -0.139. The Balaban J connectivity index is 1.84. The summed E-state index contributed by atoms with van der Waals surface area (Å²) in [4.78, 5) is 24.1. The number of ether oxygens (including phenoxy) is 1. The summed E-state index contributed by atoms with van der Waals surface area (Å²) in [6.45, 7) is 1.21. The van der Waals surface area contributed by atoms with Gasteiger partial charge in [0.05, 0.1) is 13.5 Å². The molecule has 0 aromatic heterocycles. The summed E-state index contributed by atoms with van der Waals surface area (Å²) in [6, 6.07) is 5.06. The molecule has 0 bridgehead atoms. The van der Waals surface area contributed by atoms with Crippen LogP contribution in [0.5, 0.6) is 5.75 Å². The molecule has 2 amide bonds. The Bertz CT molecular complexity index is 544. The molecule has 0 unspecified atom stereocenters. The van der Waals surface area contributed by atoms with Crippen molar-refractivity contribution in [2.24, 2.45) is 5.92 Å². The molecule has 0 spiro atoms. The summed E-state index contributed by atoms with van der Waals surface area (Å²) < 4.78 is 5.21. The second-order valence-corrected chi connectivity index (χ2v) is 5.36. The lowest BCUT2D eigenvalue weighted by Crippen LogP contribution is -2.54. The fraction of sp³-hybridized carbons (Fsp3) is 0.429. The van der Waals surface area contributed by atoms with E-state index in [0.29, 0.717) is 23.9 Å². The molecule has 7 heteroatoms. The molecule has 114 valence electrons. The fourth-order valence-electron chi connectivity index (χ4n) is 2.29. The monoisotopic (exact) mass is 312 g/mol. The molecule has 2 N–H and O–H groups in total. The molecule has 1 fully saturated rings. The smallest absolute Gasteiger partial charge is 0.317 e. The summed E-state index contributed by atoms with van der Waals surface area (Å²) >= 11 is 6.09. The number of methoxy groups -OCH3 is 1. The van der Waals surface area contributed by atoms with E-state index >= 15 is 0 Å². The number of hydrogen-bond donors (Lipinski definition) is 2. The Labute approximate surface area is 127 Å². The number of nitrogens with zero attached hydrogens (tertiary/aromatic N) is 1. The third-order valence-electron chi connectivity index (χ3n) is 3.42. The quantitative estimate of drug-likeness (QED) is 0.871. The lowest BCUT2D eigenvalue weighted by atomic mass is 9.97. The number of aliphatic carboxylic acids is 1. The first-order valence-electron chi connectivity index (χ1n) is 6.57. The van der Waals surface area contributed by atoms with Crippen LogP contribution in [0.15, 0.2) is 18.2 Å². The molecule has 21 heavy (non-hydrogen) atoms. The number of halogens is 1. The van der Waals surface area contributed by atoms with Gasteiger partial charge in [0, 0.05) is 36.1 Å². The van der Waals surface area contributed by atoms with Gasteiger partial charge in [-0.15, -0.1) is 0 Å². The van der Waals surface area contributed by atoms with Crippen LogP contribution in [0.3, 0.4) is 0 Å². The van der Waals surface area contributed by atoms with Gasteiger partial charge in [-0.3, -0.25) is 4.79 Å². The maximum Gasteiger partial charge on any atom is 0.317 e. The van der Waals surface area contributed by atoms with E-state index in [0.717, 1.165) is 5.56 Å². The first-order chi connectivity index (χ1) is 10.0. The molecule has 1 aliphatic heterocycles. The van der Waals surface area contributed by atoms with Gasteiger partial charge < -0.3 is 20.1 Å². The normalized spacial score (nSPS) is 14.5. The molecule has 1 saturated heterocycles. The number of benzene rings is 1. The van der Waals surface area contributed by atoms with Crippen LogP contribution in [0.25, 0.3) is 0 Å². The largest absolute Gasteiger partial charge is 0.496 e. The highest BCUT2D eigenvalue weighted by Crippen LogP contribution is 2.26. The molecule has 1 heterocycles. The zero-order chi connectivity index (χ0) is 15.4. The maximum atomic E-state index is 11.9. The van der Waals surface area contributed by atoms with Crippen LogP contribution >= 0.6 is 11.6 Å². The zero-order valence-electron chi connectivity index (χ0n) is 11.6. The SMILES string of the molecule is COc1cccc(Cl)c1CNC(=O)N1CC(CC(=O)O)C1. The Kier molecular flexibility index (Phi) is 4.90. The Morgan fingerprint density at radius 2 is 2.19 bits per heavy atom. The van der Waals surface area contributed by atoms with Gasteiger partial charge >= 0.3 is 12.0 Å². The standard InChI is InChI=1S/C14H17ClN2O4/c1-21-12-4-2-3-11(15)10(12)6-16-14(20)17-7-9(8-17)5-13(18)19/h2-4,9H,5-8H2,1H3,(H,16,20)(H,18,19). The maximum absolute atomic E-state index is 11.9. The van der Waals surface area contributed by atoms with Crippen LogP contribution in [0, 0.1) is 5.92 Å². The van der Waals surface area contributed by atoms with E-state index in [1.165, 1.54) is 0 Å². The number of hydrogen-bond acceptors (Lipinski definition) is 3. The van der Waals surface area contributed by atoms with Crippen LogP contribution in [-0.2, 0) is 11.3 Å². The summed E-state index contributed by atoms with van der Waals surface area (Å²) in [7, 11) is 1.54. The summed E-state index contributed by atoms with van der Waals surface area (Å²) in [5.41, 5.74) is 0.720. The van der Waals surface area contributed by atoms with E-state index in [2.05, 4.69) is 5.32 Å². The van der Waals surface area contributed by atoms with Gasteiger partial charge in [-0.05, 0) is 12.1 Å². The highest BCUT2D eigenvalue weighted by molar-refractivity contribution is 6.31. The van der Waals surface area contributed by atoms with Crippen molar-refractivity contribution in [1.29, 1.82) is 0 Å². The Morgan fingerprint density at radius 1 is 1.48 bits per heavy atom. The predicted molar refractivity (Wildman–Crippen MR) is 77.6 cm³/mol. The predicted octanol–water partition coefficient (Wildman–Crippen LogP) is 1.96. The Morgan fingerprint density at radius 3 is 2.81 bits per heavy atom. The van der Waals surface area contributed by atoms with Crippen molar-refractivity contribution in [2.75, 3.05) is 20.2 Å². The molecule has 0 saturated carbocycles. The first kappa shape index (κ1) is 15.4. The van der Waals surface area contributed by atoms with Gasteiger partial charge in [-0.25, -0.2) is 4.79 Å². The number of carboxylic acid groups (broad SMARTS) is 1. The number of likely N-dealkylation sites (tertiary alicyclic amines) is 1. The topological polar surface area (TPSA) is 78.9 Å². The van der Waals surface area contributed by atoms with Gasteiger partial charge in [0.25, 0.3) is 0 Å². The van der Waals surface area contributed by atoms with Gasteiger partial charge in [0.15, 0.2) is 0 Å². The number of carbonyl (C=O) groups is 2. The lowest BCUT2D eigenvalue weighted by Gasteiger charge is -2.38. The number of urea groups is 1. The molecule has 2 rings (SSSR count). The summed E-state index contributed by atoms with van der Waals surface area (Å²) in [6.07, 6.45) is 0.0993. The third kappa shape index (κ3) is 3.78. The molecule has 0 aliphatic carbocycles. The van der Waals surface area contributed by atoms with Crippen molar-refractivity contribution >= 4 is 23.6 Å². The highest BCUT2D eigenvalue weighted by atomic mass is 35.5. The minimum absolute atomic E-state index is 0.0445. The number of carbonyl (C=O) groups excluding carboxylic acids is 1. The minimum atomic E-state index is -0.833. The first-order valence-corrected chi connectivity index (χ1v) is 6.95. The number of rotatable bonds is 5. The number of amides is 2. The van der Waals surface area contributed by atoms with Crippen molar-refractivity contribution in [2.45, 2.75) is 13.0 Å². The highest BCUT2D eigenvalue weighted by Gasteiger charge is 2.31. The number of carboxylic acids is 1. The minimum Gasteiger partial charge on any atom is -0.496 e. The Hall–Kier alpha value is -1.95. The molecule has 0 radical (unpaired) electrons. The fourth-order valence-corrected chi connectivity index (χ4v) is 2.52. The van der Waals surface area contributed by atoms with Crippen LogP contribution in [0.2, 0.25) is 5.02 Å². The van der Waals surface area contributed by atoms with E-state index in [1.807, 2.05) is 0 Å². The molecule has 6 nitrogen and oxygen atoms in total. The van der Waals surface area contributed by atoms with Gasteiger partial charge in [-0.2, -0.15) is 0 Å². The van der Waals surface area contributed by atoms with Crippen molar-refractivity contribution in [3.05, 3.63) is 28.8 Å². The summed E-state index contributed by atoms with van der Waals surface area (Å²) in [5, 5.41) is 12.0.